The summed E-state index contributed by atoms with van der Waals surface area (Å²) in [5.41, 5.74) is 0. The van der Waals surface area contributed by atoms with E-state index in [1.165, 1.54) is 141 Å². The minimum absolute atomic E-state index is 0.0493. The quantitative estimate of drug-likeness (QED) is 0.0335. The maximum absolute atomic E-state index is 13.5. The molecule has 9 nitrogen and oxygen atoms in total. The summed E-state index contributed by atoms with van der Waals surface area (Å²) < 4.78 is 30.2. The minimum atomic E-state index is -1.08. The SMILES string of the molecule is CCCCCCCCCCCC(=O)OC[C@H]1OC[C@H](OC(=O)CCCCCCCCCCC)[C@@H](OC(=O)CCCCCCCCCCC)[C@@H]1OC(=O)CCCCCCCCCCC. The third-order valence-electron chi connectivity index (χ3n) is 12.7. The van der Waals surface area contributed by atoms with Gasteiger partial charge in [0.1, 0.15) is 12.7 Å². The molecule has 0 aliphatic carbocycles. The van der Waals surface area contributed by atoms with Crippen LogP contribution in [0.3, 0.4) is 0 Å². The van der Waals surface area contributed by atoms with Gasteiger partial charge in [0.2, 0.25) is 0 Å². The van der Waals surface area contributed by atoms with Crippen molar-refractivity contribution >= 4 is 23.9 Å². The van der Waals surface area contributed by atoms with E-state index in [1.54, 1.807) is 0 Å². The summed E-state index contributed by atoms with van der Waals surface area (Å²) in [6.07, 6.45) is 37.9. The van der Waals surface area contributed by atoms with Crippen molar-refractivity contribution in [1.82, 2.24) is 0 Å². The van der Waals surface area contributed by atoms with Crippen molar-refractivity contribution in [2.24, 2.45) is 0 Å². The molecule has 63 heavy (non-hydrogen) atoms. The highest BCUT2D eigenvalue weighted by Crippen LogP contribution is 2.27. The van der Waals surface area contributed by atoms with Gasteiger partial charge in [0, 0.05) is 25.7 Å². The molecule has 1 aliphatic rings. The Hall–Kier alpha value is -2.16. The predicted octanol–water partition coefficient (Wildman–Crippen LogP) is 15.3. The van der Waals surface area contributed by atoms with Crippen molar-refractivity contribution in [3.05, 3.63) is 0 Å². The van der Waals surface area contributed by atoms with E-state index in [2.05, 4.69) is 27.7 Å². The van der Waals surface area contributed by atoms with Crippen LogP contribution in [0.5, 0.6) is 0 Å². The molecule has 4 atom stereocenters. The van der Waals surface area contributed by atoms with Gasteiger partial charge in [-0.15, -0.1) is 0 Å². The van der Waals surface area contributed by atoms with Crippen LogP contribution >= 0.6 is 0 Å². The van der Waals surface area contributed by atoms with E-state index in [1.807, 2.05) is 0 Å². The molecule has 0 spiro atoms. The summed E-state index contributed by atoms with van der Waals surface area (Å²) in [6.45, 7) is 8.72. The Balaban J connectivity index is 2.96. The molecule has 0 unspecified atom stereocenters. The van der Waals surface area contributed by atoms with Crippen molar-refractivity contribution in [3.63, 3.8) is 0 Å². The first-order valence-corrected chi connectivity index (χ1v) is 27.2. The molecule has 0 saturated carbocycles. The number of ether oxygens (including phenoxy) is 5. The van der Waals surface area contributed by atoms with Gasteiger partial charge in [-0.25, -0.2) is 0 Å². The minimum Gasteiger partial charge on any atom is -0.463 e. The second-order valence-electron chi connectivity index (χ2n) is 18.8. The van der Waals surface area contributed by atoms with Crippen LogP contribution in [0.25, 0.3) is 0 Å². The average molecular weight is 893 g/mol. The van der Waals surface area contributed by atoms with E-state index in [-0.39, 0.29) is 44.4 Å². The van der Waals surface area contributed by atoms with Crippen LogP contribution in [0.15, 0.2) is 0 Å². The topological polar surface area (TPSA) is 114 Å². The summed E-state index contributed by atoms with van der Waals surface area (Å²) in [7, 11) is 0. The smallest absolute Gasteiger partial charge is 0.306 e. The highest BCUT2D eigenvalue weighted by atomic mass is 16.7. The summed E-state index contributed by atoms with van der Waals surface area (Å²) in [4.78, 5) is 53.2. The first kappa shape index (κ1) is 58.9. The number of unbranched alkanes of at least 4 members (excludes halogenated alkanes) is 32. The maximum atomic E-state index is 13.5. The number of carbonyl (C=O) groups is 4. The number of esters is 4. The predicted molar refractivity (Wildman–Crippen MR) is 258 cm³/mol. The normalized spacial score (nSPS) is 17.4. The number of carbonyl (C=O) groups excluding carboxylic acids is 4. The summed E-state index contributed by atoms with van der Waals surface area (Å²) in [5, 5.41) is 0. The fourth-order valence-electron chi connectivity index (χ4n) is 8.58. The van der Waals surface area contributed by atoms with Crippen molar-refractivity contribution < 1.29 is 42.9 Å². The molecule has 0 aromatic rings. The van der Waals surface area contributed by atoms with Crippen LogP contribution in [0.4, 0.5) is 0 Å². The molecule has 0 N–H and O–H groups in total. The second-order valence-corrected chi connectivity index (χ2v) is 18.8. The van der Waals surface area contributed by atoms with Gasteiger partial charge in [0.15, 0.2) is 18.3 Å². The Bertz CT molecular complexity index is 1080. The average Bonchev–Trinajstić information content (AvgIpc) is 3.27. The fraction of sp³-hybridized carbons (Fsp3) is 0.926. The van der Waals surface area contributed by atoms with E-state index in [4.69, 9.17) is 23.7 Å². The monoisotopic (exact) mass is 893 g/mol. The van der Waals surface area contributed by atoms with Gasteiger partial charge in [-0.05, 0) is 25.7 Å². The Morgan fingerprint density at radius 3 is 0.952 bits per heavy atom. The lowest BCUT2D eigenvalue weighted by molar-refractivity contribution is -0.233. The van der Waals surface area contributed by atoms with E-state index in [0.717, 1.165) is 77.0 Å². The molecule has 0 radical (unpaired) electrons. The maximum Gasteiger partial charge on any atom is 0.306 e. The van der Waals surface area contributed by atoms with Gasteiger partial charge in [0.05, 0.1) is 6.61 Å². The molecule has 1 fully saturated rings. The standard InChI is InChI=1S/C54H100O9/c1-5-9-13-17-21-25-29-33-37-41-49(55)60-45-47-53(62-51(57)43-39-35-31-27-23-19-15-11-7-3)54(63-52(58)44-40-36-32-28-24-20-16-12-8-4)48(46-59-47)61-50(56)42-38-34-30-26-22-18-14-10-6-2/h47-48,53-54H,5-46H2,1-4H3/t47-,48+,53-,54-/m1/s1. The first-order valence-electron chi connectivity index (χ1n) is 27.2. The zero-order chi connectivity index (χ0) is 45.9. The third kappa shape index (κ3) is 34.8. The molecule has 1 aliphatic heterocycles. The molecule has 1 saturated heterocycles. The summed E-state index contributed by atoms with van der Waals surface area (Å²) in [5.74, 6) is -1.53. The molecule has 370 valence electrons. The number of hydrogen-bond donors (Lipinski definition) is 0. The lowest BCUT2D eigenvalue weighted by atomic mass is 9.99. The van der Waals surface area contributed by atoms with Crippen LogP contribution in [-0.4, -0.2) is 61.5 Å². The highest BCUT2D eigenvalue weighted by Gasteiger charge is 2.48. The third-order valence-corrected chi connectivity index (χ3v) is 12.7. The fourth-order valence-corrected chi connectivity index (χ4v) is 8.58. The Kier molecular flexibility index (Phi) is 40.8. The number of hydrogen-bond acceptors (Lipinski definition) is 9. The second kappa shape index (κ2) is 43.7. The highest BCUT2D eigenvalue weighted by molar-refractivity contribution is 5.72. The Labute approximate surface area is 387 Å². The lowest BCUT2D eigenvalue weighted by Gasteiger charge is -2.40. The molecule has 0 bridgehead atoms. The number of rotatable bonds is 45. The largest absolute Gasteiger partial charge is 0.463 e. The van der Waals surface area contributed by atoms with Crippen LogP contribution < -0.4 is 0 Å². The summed E-state index contributed by atoms with van der Waals surface area (Å²) >= 11 is 0. The van der Waals surface area contributed by atoms with Crippen molar-refractivity contribution in [2.75, 3.05) is 13.2 Å². The molecule has 0 aromatic heterocycles. The lowest BCUT2D eigenvalue weighted by Crippen LogP contribution is -2.59. The zero-order valence-corrected chi connectivity index (χ0v) is 41.7. The molecule has 1 rings (SSSR count). The molecular formula is C54H100O9. The van der Waals surface area contributed by atoms with Crippen LogP contribution in [0, 0.1) is 0 Å². The molecule has 9 heteroatoms. The van der Waals surface area contributed by atoms with Crippen molar-refractivity contribution in [2.45, 2.75) is 309 Å². The molecule has 0 amide bonds. The van der Waals surface area contributed by atoms with Gasteiger partial charge in [-0.2, -0.15) is 0 Å². The molecule has 1 heterocycles. The molecular weight excluding hydrogens is 793 g/mol. The van der Waals surface area contributed by atoms with Crippen LogP contribution in [0.1, 0.15) is 285 Å². The van der Waals surface area contributed by atoms with Gasteiger partial charge >= 0.3 is 23.9 Å². The zero-order valence-electron chi connectivity index (χ0n) is 41.7. The Morgan fingerprint density at radius 1 is 0.349 bits per heavy atom. The van der Waals surface area contributed by atoms with Gasteiger partial charge in [-0.3, -0.25) is 19.2 Å². The first-order chi connectivity index (χ1) is 30.9. The van der Waals surface area contributed by atoms with Gasteiger partial charge in [-0.1, -0.05) is 233 Å². The van der Waals surface area contributed by atoms with E-state index in [0.29, 0.717) is 19.3 Å². The van der Waals surface area contributed by atoms with Crippen LogP contribution in [0.2, 0.25) is 0 Å². The van der Waals surface area contributed by atoms with Gasteiger partial charge in [0.25, 0.3) is 0 Å². The van der Waals surface area contributed by atoms with Crippen molar-refractivity contribution in [1.29, 1.82) is 0 Å². The van der Waals surface area contributed by atoms with Crippen LogP contribution in [-0.2, 0) is 42.9 Å². The molecule has 0 aromatic carbocycles. The van der Waals surface area contributed by atoms with Crippen molar-refractivity contribution in [3.8, 4) is 0 Å². The van der Waals surface area contributed by atoms with E-state index < -0.39 is 36.4 Å². The van der Waals surface area contributed by atoms with Gasteiger partial charge < -0.3 is 23.7 Å². The Morgan fingerprint density at radius 2 is 0.619 bits per heavy atom. The van der Waals surface area contributed by atoms with E-state index >= 15 is 0 Å². The summed E-state index contributed by atoms with van der Waals surface area (Å²) in [6, 6.07) is 0. The van der Waals surface area contributed by atoms with E-state index in [9.17, 15) is 19.2 Å².